The highest BCUT2D eigenvalue weighted by molar-refractivity contribution is 6.30. The predicted octanol–water partition coefficient (Wildman–Crippen LogP) is 4.42. The van der Waals surface area contributed by atoms with Crippen LogP contribution in [0.5, 0.6) is 0 Å². The number of rotatable bonds is 3. The number of aryl methyl sites for hydroxylation is 1. The Morgan fingerprint density at radius 1 is 1.10 bits per heavy atom. The highest BCUT2D eigenvalue weighted by Crippen LogP contribution is 2.23. The summed E-state index contributed by atoms with van der Waals surface area (Å²) in [6.45, 7) is 2.04. The van der Waals surface area contributed by atoms with Crippen molar-refractivity contribution in [3.8, 4) is 5.69 Å². The zero-order valence-corrected chi connectivity index (χ0v) is 12.0. The summed E-state index contributed by atoms with van der Waals surface area (Å²) in [5.41, 5.74) is 4.72. The average Bonchev–Trinajstić information content (AvgIpc) is 2.88. The van der Waals surface area contributed by atoms with E-state index in [1.807, 2.05) is 37.6 Å². The van der Waals surface area contributed by atoms with Crippen molar-refractivity contribution in [1.29, 1.82) is 0 Å². The van der Waals surface area contributed by atoms with E-state index in [0.717, 1.165) is 22.8 Å². The predicted molar refractivity (Wildman–Crippen MR) is 82.6 cm³/mol. The van der Waals surface area contributed by atoms with Crippen LogP contribution in [0.15, 0.2) is 61.1 Å². The van der Waals surface area contributed by atoms with Crippen molar-refractivity contribution < 1.29 is 0 Å². The number of benzene rings is 2. The van der Waals surface area contributed by atoms with Crippen LogP contribution in [0.2, 0.25) is 5.02 Å². The molecule has 3 heteroatoms. The van der Waals surface area contributed by atoms with Gasteiger partial charge in [-0.3, -0.25) is 0 Å². The number of hydrogen-bond acceptors (Lipinski definition) is 1. The Balaban J connectivity index is 2.05. The van der Waals surface area contributed by atoms with Crippen molar-refractivity contribution in [2.75, 3.05) is 0 Å². The Morgan fingerprint density at radius 3 is 2.60 bits per heavy atom. The van der Waals surface area contributed by atoms with Crippen molar-refractivity contribution in [1.82, 2.24) is 9.55 Å². The molecule has 0 saturated heterocycles. The molecule has 0 aliphatic carbocycles. The summed E-state index contributed by atoms with van der Waals surface area (Å²) < 4.78 is 2.07. The third kappa shape index (κ3) is 2.61. The lowest BCUT2D eigenvalue weighted by atomic mass is 10.0. The van der Waals surface area contributed by atoms with Gasteiger partial charge in [0, 0.05) is 16.9 Å². The van der Waals surface area contributed by atoms with Gasteiger partial charge < -0.3 is 4.57 Å². The highest BCUT2D eigenvalue weighted by atomic mass is 35.5. The lowest BCUT2D eigenvalue weighted by Gasteiger charge is -2.12. The van der Waals surface area contributed by atoms with Gasteiger partial charge in [0.15, 0.2) is 0 Å². The van der Waals surface area contributed by atoms with Crippen LogP contribution in [0.25, 0.3) is 5.69 Å². The number of nitrogens with zero attached hydrogens (tertiary/aromatic N) is 2. The average molecular weight is 283 g/mol. The van der Waals surface area contributed by atoms with Gasteiger partial charge in [0.25, 0.3) is 0 Å². The fraction of sp³-hybridized carbons (Fsp3) is 0.118. The molecular formula is C17H15ClN2. The van der Waals surface area contributed by atoms with Crippen molar-refractivity contribution in [2.24, 2.45) is 0 Å². The first-order valence-electron chi connectivity index (χ1n) is 6.56. The molecule has 0 aliphatic heterocycles. The minimum Gasteiger partial charge on any atom is -0.303 e. The van der Waals surface area contributed by atoms with E-state index in [1.165, 1.54) is 11.1 Å². The van der Waals surface area contributed by atoms with Crippen molar-refractivity contribution >= 4 is 11.6 Å². The maximum atomic E-state index is 6.16. The molecule has 1 aromatic heterocycles. The van der Waals surface area contributed by atoms with Crippen LogP contribution in [-0.4, -0.2) is 9.55 Å². The first-order valence-corrected chi connectivity index (χ1v) is 6.93. The standard InChI is InChI=1S/C17H15ClN2/c1-13-11-19-12-20(13)17-10-16(18)8-7-15(17)9-14-5-3-2-4-6-14/h2-8,10-12H,9H2,1H3. The van der Waals surface area contributed by atoms with E-state index in [0.29, 0.717) is 0 Å². The van der Waals surface area contributed by atoms with E-state index >= 15 is 0 Å². The summed E-state index contributed by atoms with van der Waals surface area (Å²) in [7, 11) is 0. The topological polar surface area (TPSA) is 17.8 Å². The van der Waals surface area contributed by atoms with Gasteiger partial charge in [0.1, 0.15) is 0 Å². The van der Waals surface area contributed by atoms with Gasteiger partial charge in [-0.25, -0.2) is 4.98 Å². The molecule has 3 aromatic rings. The quantitative estimate of drug-likeness (QED) is 0.695. The van der Waals surface area contributed by atoms with Gasteiger partial charge >= 0.3 is 0 Å². The molecule has 0 unspecified atom stereocenters. The molecule has 1 heterocycles. The van der Waals surface area contributed by atoms with Crippen LogP contribution in [0.1, 0.15) is 16.8 Å². The lowest BCUT2D eigenvalue weighted by Crippen LogP contribution is -2.01. The highest BCUT2D eigenvalue weighted by Gasteiger charge is 2.08. The summed E-state index contributed by atoms with van der Waals surface area (Å²) in [6, 6.07) is 16.5. The van der Waals surface area contributed by atoms with E-state index < -0.39 is 0 Å². The Bertz CT molecular complexity index is 717. The molecular weight excluding hydrogens is 268 g/mol. The van der Waals surface area contributed by atoms with Crippen LogP contribution in [0, 0.1) is 6.92 Å². The fourth-order valence-electron chi connectivity index (χ4n) is 2.34. The molecule has 0 bridgehead atoms. The monoisotopic (exact) mass is 282 g/mol. The molecule has 0 saturated carbocycles. The normalized spacial score (nSPS) is 10.7. The largest absolute Gasteiger partial charge is 0.303 e. The third-order valence-electron chi connectivity index (χ3n) is 3.37. The van der Waals surface area contributed by atoms with Crippen LogP contribution < -0.4 is 0 Å². The van der Waals surface area contributed by atoms with E-state index in [2.05, 4.69) is 39.9 Å². The van der Waals surface area contributed by atoms with E-state index in [9.17, 15) is 0 Å². The second-order valence-electron chi connectivity index (χ2n) is 4.84. The zero-order chi connectivity index (χ0) is 13.9. The van der Waals surface area contributed by atoms with Gasteiger partial charge in [-0.1, -0.05) is 48.0 Å². The number of halogens is 1. The number of aromatic nitrogens is 2. The summed E-state index contributed by atoms with van der Waals surface area (Å²) >= 11 is 6.16. The van der Waals surface area contributed by atoms with Gasteiger partial charge in [-0.15, -0.1) is 0 Å². The van der Waals surface area contributed by atoms with Gasteiger partial charge in [-0.05, 0) is 36.6 Å². The Morgan fingerprint density at radius 2 is 1.90 bits per heavy atom. The molecule has 0 radical (unpaired) electrons. The smallest absolute Gasteiger partial charge is 0.0994 e. The molecule has 3 rings (SSSR count). The molecule has 2 nitrogen and oxygen atoms in total. The Kier molecular flexibility index (Phi) is 3.57. The molecule has 0 N–H and O–H groups in total. The van der Waals surface area contributed by atoms with Gasteiger partial charge in [-0.2, -0.15) is 0 Å². The molecule has 0 amide bonds. The molecule has 2 aromatic carbocycles. The summed E-state index contributed by atoms with van der Waals surface area (Å²) in [6.07, 6.45) is 4.56. The fourth-order valence-corrected chi connectivity index (χ4v) is 2.51. The zero-order valence-electron chi connectivity index (χ0n) is 11.3. The number of hydrogen-bond donors (Lipinski definition) is 0. The lowest BCUT2D eigenvalue weighted by molar-refractivity contribution is 0.976. The Hall–Kier alpha value is -2.06. The summed E-state index contributed by atoms with van der Waals surface area (Å²) in [5, 5.41) is 0.741. The first-order chi connectivity index (χ1) is 9.74. The molecule has 100 valence electrons. The molecule has 0 fully saturated rings. The molecule has 0 atom stereocenters. The van der Waals surface area contributed by atoms with E-state index in [4.69, 9.17) is 11.6 Å². The second kappa shape index (κ2) is 5.51. The van der Waals surface area contributed by atoms with Gasteiger partial charge in [0.05, 0.1) is 12.0 Å². The van der Waals surface area contributed by atoms with E-state index in [1.54, 1.807) is 0 Å². The maximum absolute atomic E-state index is 6.16. The van der Waals surface area contributed by atoms with Crippen LogP contribution in [-0.2, 0) is 6.42 Å². The van der Waals surface area contributed by atoms with Crippen LogP contribution >= 0.6 is 11.6 Å². The SMILES string of the molecule is Cc1cncn1-c1cc(Cl)ccc1Cc1ccccc1. The molecule has 0 spiro atoms. The van der Waals surface area contributed by atoms with Crippen molar-refractivity contribution in [3.63, 3.8) is 0 Å². The van der Waals surface area contributed by atoms with Gasteiger partial charge in [0.2, 0.25) is 0 Å². The molecule has 20 heavy (non-hydrogen) atoms. The Labute approximate surface area is 123 Å². The second-order valence-corrected chi connectivity index (χ2v) is 5.28. The minimum atomic E-state index is 0.741. The van der Waals surface area contributed by atoms with Crippen molar-refractivity contribution in [3.05, 3.63) is 82.9 Å². The van der Waals surface area contributed by atoms with Crippen molar-refractivity contribution in [2.45, 2.75) is 13.3 Å². The van der Waals surface area contributed by atoms with Crippen LogP contribution in [0.3, 0.4) is 0 Å². The first kappa shape index (κ1) is 12.9. The maximum Gasteiger partial charge on any atom is 0.0994 e. The molecule has 0 aliphatic rings. The van der Waals surface area contributed by atoms with E-state index in [-0.39, 0.29) is 0 Å². The summed E-state index contributed by atoms with van der Waals surface area (Å²) in [5.74, 6) is 0. The van der Waals surface area contributed by atoms with Crippen LogP contribution in [0.4, 0.5) is 0 Å². The summed E-state index contributed by atoms with van der Waals surface area (Å²) in [4.78, 5) is 4.20. The third-order valence-corrected chi connectivity index (χ3v) is 3.60. The minimum absolute atomic E-state index is 0.741. The number of imidazole rings is 1.